The standard InChI is InChI=1S/C15H15BrFN3O/c1-3-18-10-4-5-19-14(7-10)15(21)20-13-8-12(17)11(16)6-9(13)2/h4-8H,3H2,1-2H3,(H,18,19)(H,20,21). The minimum absolute atomic E-state index is 0.274. The molecule has 6 heteroatoms. The molecule has 1 aromatic carbocycles. The van der Waals surface area contributed by atoms with Crippen LogP contribution < -0.4 is 10.6 Å². The number of amides is 1. The summed E-state index contributed by atoms with van der Waals surface area (Å²) >= 11 is 3.11. The van der Waals surface area contributed by atoms with Gasteiger partial charge in [-0.15, -0.1) is 0 Å². The predicted octanol–water partition coefficient (Wildman–Crippen LogP) is 3.98. The Hall–Kier alpha value is -1.95. The van der Waals surface area contributed by atoms with E-state index in [1.807, 2.05) is 6.92 Å². The fourth-order valence-corrected chi connectivity index (χ4v) is 2.29. The molecule has 0 fully saturated rings. The zero-order chi connectivity index (χ0) is 15.4. The second-order valence-corrected chi connectivity index (χ2v) is 5.35. The van der Waals surface area contributed by atoms with Crippen LogP contribution in [0.15, 0.2) is 34.9 Å². The molecular weight excluding hydrogens is 337 g/mol. The quantitative estimate of drug-likeness (QED) is 0.875. The lowest BCUT2D eigenvalue weighted by Gasteiger charge is -2.10. The number of nitrogens with one attached hydrogen (secondary N) is 2. The van der Waals surface area contributed by atoms with Crippen molar-refractivity contribution in [1.29, 1.82) is 0 Å². The van der Waals surface area contributed by atoms with Gasteiger partial charge >= 0.3 is 0 Å². The molecule has 0 bridgehead atoms. The van der Waals surface area contributed by atoms with Crippen molar-refractivity contribution in [2.45, 2.75) is 13.8 Å². The minimum atomic E-state index is -0.426. The van der Waals surface area contributed by atoms with E-state index in [2.05, 4.69) is 31.5 Å². The molecule has 0 spiro atoms. The van der Waals surface area contributed by atoms with Gasteiger partial charge in [-0.25, -0.2) is 4.39 Å². The summed E-state index contributed by atoms with van der Waals surface area (Å²) in [5.74, 6) is -0.801. The third kappa shape index (κ3) is 3.78. The van der Waals surface area contributed by atoms with E-state index in [1.165, 1.54) is 6.07 Å². The van der Waals surface area contributed by atoms with Crippen molar-refractivity contribution in [1.82, 2.24) is 4.98 Å². The zero-order valence-corrected chi connectivity index (χ0v) is 13.3. The van der Waals surface area contributed by atoms with E-state index in [0.717, 1.165) is 17.8 Å². The summed E-state index contributed by atoms with van der Waals surface area (Å²) < 4.78 is 13.9. The Morgan fingerprint density at radius 1 is 1.38 bits per heavy atom. The first-order chi connectivity index (χ1) is 10.0. The van der Waals surface area contributed by atoms with Gasteiger partial charge in [-0.05, 0) is 59.6 Å². The average molecular weight is 352 g/mol. The lowest BCUT2D eigenvalue weighted by atomic mass is 10.2. The number of hydrogen-bond donors (Lipinski definition) is 2. The summed E-state index contributed by atoms with van der Waals surface area (Å²) in [5, 5.41) is 5.78. The van der Waals surface area contributed by atoms with Gasteiger partial charge in [0.25, 0.3) is 5.91 Å². The lowest BCUT2D eigenvalue weighted by Crippen LogP contribution is -2.15. The van der Waals surface area contributed by atoms with Crippen LogP contribution in [-0.4, -0.2) is 17.4 Å². The summed E-state index contributed by atoms with van der Waals surface area (Å²) in [7, 11) is 0. The largest absolute Gasteiger partial charge is 0.385 e. The zero-order valence-electron chi connectivity index (χ0n) is 11.7. The Labute approximate surface area is 130 Å². The maximum atomic E-state index is 13.6. The number of rotatable bonds is 4. The summed E-state index contributed by atoms with van der Waals surface area (Å²) in [5.41, 5.74) is 2.28. The van der Waals surface area contributed by atoms with Gasteiger partial charge in [0.05, 0.1) is 4.47 Å². The fourth-order valence-electron chi connectivity index (χ4n) is 1.84. The summed E-state index contributed by atoms with van der Waals surface area (Å²) in [6, 6.07) is 6.34. The van der Waals surface area contributed by atoms with E-state index in [1.54, 1.807) is 31.3 Å². The number of anilines is 2. The molecule has 1 aromatic heterocycles. The predicted molar refractivity (Wildman–Crippen MR) is 85.2 cm³/mol. The Morgan fingerprint density at radius 3 is 2.86 bits per heavy atom. The summed E-state index contributed by atoms with van der Waals surface area (Å²) in [4.78, 5) is 16.2. The second-order valence-electron chi connectivity index (χ2n) is 4.50. The third-order valence-corrected chi connectivity index (χ3v) is 3.50. The van der Waals surface area contributed by atoms with Crippen molar-refractivity contribution in [2.24, 2.45) is 0 Å². The van der Waals surface area contributed by atoms with Crippen LogP contribution in [0.2, 0.25) is 0 Å². The monoisotopic (exact) mass is 351 g/mol. The fraction of sp³-hybridized carbons (Fsp3) is 0.200. The van der Waals surface area contributed by atoms with Gasteiger partial charge in [0, 0.05) is 24.1 Å². The van der Waals surface area contributed by atoms with Crippen molar-refractivity contribution < 1.29 is 9.18 Å². The topological polar surface area (TPSA) is 54.0 Å². The van der Waals surface area contributed by atoms with Crippen LogP contribution in [0.1, 0.15) is 23.0 Å². The molecule has 1 heterocycles. The molecule has 1 amide bonds. The number of halogens is 2. The first kappa shape index (κ1) is 15.4. The highest BCUT2D eigenvalue weighted by Gasteiger charge is 2.12. The van der Waals surface area contributed by atoms with E-state index in [0.29, 0.717) is 10.2 Å². The van der Waals surface area contributed by atoms with Crippen LogP contribution in [-0.2, 0) is 0 Å². The molecule has 2 N–H and O–H groups in total. The Morgan fingerprint density at radius 2 is 2.14 bits per heavy atom. The third-order valence-electron chi connectivity index (χ3n) is 2.89. The maximum Gasteiger partial charge on any atom is 0.274 e. The number of carbonyl (C=O) groups excluding carboxylic acids is 1. The number of aryl methyl sites for hydroxylation is 1. The van der Waals surface area contributed by atoms with Gasteiger partial charge in [-0.1, -0.05) is 0 Å². The minimum Gasteiger partial charge on any atom is -0.385 e. The molecule has 0 saturated heterocycles. The van der Waals surface area contributed by atoms with E-state index in [4.69, 9.17) is 0 Å². The van der Waals surface area contributed by atoms with Crippen LogP contribution in [0, 0.1) is 12.7 Å². The molecule has 2 rings (SSSR count). The average Bonchev–Trinajstić information content (AvgIpc) is 2.45. The van der Waals surface area contributed by atoms with Crippen molar-refractivity contribution in [3.63, 3.8) is 0 Å². The van der Waals surface area contributed by atoms with E-state index >= 15 is 0 Å². The van der Waals surface area contributed by atoms with Crippen molar-refractivity contribution in [3.8, 4) is 0 Å². The molecule has 2 aromatic rings. The molecule has 0 aliphatic heterocycles. The molecule has 4 nitrogen and oxygen atoms in total. The van der Waals surface area contributed by atoms with Gasteiger partial charge in [-0.3, -0.25) is 9.78 Å². The van der Waals surface area contributed by atoms with Crippen LogP contribution in [0.5, 0.6) is 0 Å². The summed E-state index contributed by atoms with van der Waals surface area (Å²) in [6.45, 7) is 4.51. The highest BCUT2D eigenvalue weighted by molar-refractivity contribution is 9.10. The van der Waals surface area contributed by atoms with Crippen molar-refractivity contribution in [3.05, 3.63) is 52.0 Å². The number of benzene rings is 1. The first-order valence-corrected chi connectivity index (χ1v) is 7.27. The van der Waals surface area contributed by atoms with Crippen molar-refractivity contribution in [2.75, 3.05) is 17.2 Å². The molecule has 0 unspecified atom stereocenters. The van der Waals surface area contributed by atoms with Crippen LogP contribution in [0.4, 0.5) is 15.8 Å². The lowest BCUT2D eigenvalue weighted by molar-refractivity contribution is 0.102. The van der Waals surface area contributed by atoms with Crippen LogP contribution in [0.25, 0.3) is 0 Å². The number of nitrogens with zero attached hydrogens (tertiary/aromatic N) is 1. The van der Waals surface area contributed by atoms with Gasteiger partial charge in [0.2, 0.25) is 0 Å². The maximum absolute atomic E-state index is 13.6. The van der Waals surface area contributed by atoms with Crippen molar-refractivity contribution >= 4 is 33.2 Å². The van der Waals surface area contributed by atoms with Gasteiger partial charge < -0.3 is 10.6 Å². The molecule has 0 aliphatic rings. The van der Waals surface area contributed by atoms with E-state index in [-0.39, 0.29) is 11.6 Å². The number of carbonyl (C=O) groups is 1. The number of hydrogen-bond acceptors (Lipinski definition) is 3. The van der Waals surface area contributed by atoms with Gasteiger partial charge in [0.15, 0.2) is 0 Å². The SMILES string of the molecule is CCNc1ccnc(C(=O)Nc2cc(F)c(Br)cc2C)c1. The number of aromatic nitrogens is 1. The molecule has 21 heavy (non-hydrogen) atoms. The van der Waals surface area contributed by atoms with Crippen LogP contribution >= 0.6 is 15.9 Å². The molecule has 110 valence electrons. The first-order valence-electron chi connectivity index (χ1n) is 6.48. The molecule has 0 saturated carbocycles. The smallest absolute Gasteiger partial charge is 0.274 e. The normalized spacial score (nSPS) is 10.3. The molecule has 0 radical (unpaired) electrons. The highest BCUT2D eigenvalue weighted by atomic mass is 79.9. The van der Waals surface area contributed by atoms with Gasteiger partial charge in [-0.2, -0.15) is 0 Å². The van der Waals surface area contributed by atoms with E-state index in [9.17, 15) is 9.18 Å². The molecule has 0 aliphatic carbocycles. The number of pyridine rings is 1. The Balaban J connectivity index is 2.22. The Bertz CT molecular complexity index is 676. The van der Waals surface area contributed by atoms with Crippen LogP contribution in [0.3, 0.4) is 0 Å². The second kappa shape index (κ2) is 6.67. The van der Waals surface area contributed by atoms with E-state index < -0.39 is 5.82 Å². The summed E-state index contributed by atoms with van der Waals surface area (Å²) in [6.07, 6.45) is 1.56. The highest BCUT2D eigenvalue weighted by Crippen LogP contribution is 2.24. The Kier molecular flexibility index (Phi) is 4.90. The van der Waals surface area contributed by atoms with Gasteiger partial charge in [0.1, 0.15) is 11.5 Å². The molecule has 0 atom stereocenters. The molecular formula is C15H15BrFN3O.